The van der Waals surface area contributed by atoms with Crippen LogP contribution in [0.1, 0.15) is 0 Å². The van der Waals surface area contributed by atoms with Gasteiger partial charge in [0, 0.05) is 59.9 Å². The van der Waals surface area contributed by atoms with Crippen LogP contribution in [0.3, 0.4) is 0 Å². The quantitative estimate of drug-likeness (QED) is 0.152. The van der Waals surface area contributed by atoms with Crippen molar-refractivity contribution in [1.82, 2.24) is 19.1 Å². The van der Waals surface area contributed by atoms with Gasteiger partial charge in [-0.25, -0.2) is 9.97 Å². The summed E-state index contributed by atoms with van der Waals surface area (Å²) in [6.45, 7) is 0. The third kappa shape index (κ3) is 7.35. The Morgan fingerprint density at radius 3 is 1.32 bits per heavy atom. The summed E-state index contributed by atoms with van der Waals surface area (Å²) < 4.78 is 17.2. The maximum Gasteiger partial charge on any atom is 0.235 e. The van der Waals surface area contributed by atoms with Crippen molar-refractivity contribution in [3.05, 3.63) is 279 Å². The van der Waals surface area contributed by atoms with Crippen LogP contribution in [0.25, 0.3) is 166 Å². The molecule has 82 heavy (non-hydrogen) atoms. The third-order valence-corrected chi connectivity index (χ3v) is 16.6. The van der Waals surface area contributed by atoms with E-state index in [-0.39, 0.29) is 0 Å². The van der Waals surface area contributed by atoms with E-state index in [9.17, 15) is 0 Å². The second kappa shape index (κ2) is 18.2. The van der Waals surface area contributed by atoms with Gasteiger partial charge in [0.1, 0.15) is 22.3 Å². The van der Waals surface area contributed by atoms with Gasteiger partial charge in [-0.1, -0.05) is 194 Å². The number of fused-ring (bicyclic) bond motifs is 12. The van der Waals surface area contributed by atoms with Crippen LogP contribution in [0.2, 0.25) is 0 Å². The molecule has 6 heteroatoms. The topological polar surface area (TPSA) is 61.9 Å². The van der Waals surface area contributed by atoms with Gasteiger partial charge in [-0.3, -0.25) is 4.57 Å². The second-order valence-electron chi connectivity index (χ2n) is 21.3. The summed E-state index contributed by atoms with van der Waals surface area (Å²) in [7, 11) is 0. The van der Waals surface area contributed by atoms with Gasteiger partial charge >= 0.3 is 0 Å². The molecule has 0 N–H and O–H groups in total. The maximum absolute atomic E-state index is 6.27. The molecule has 0 aliphatic rings. The summed E-state index contributed by atoms with van der Waals surface area (Å²) in [5.41, 5.74) is 21.3. The number of hydrogen-bond donors (Lipinski definition) is 0. The van der Waals surface area contributed by atoms with E-state index < -0.39 is 0 Å². The molecule has 0 bridgehead atoms. The molecule has 5 aromatic heterocycles. The normalized spacial score (nSPS) is 11.9. The Kier molecular flexibility index (Phi) is 10.2. The Morgan fingerprint density at radius 2 is 0.683 bits per heavy atom. The predicted molar refractivity (Wildman–Crippen MR) is 338 cm³/mol. The molecule has 0 saturated heterocycles. The Bertz CT molecular complexity index is 5410. The predicted octanol–water partition coefficient (Wildman–Crippen LogP) is 20.5. The Hall–Kier alpha value is -11.1. The van der Waals surface area contributed by atoms with Crippen molar-refractivity contribution >= 4 is 87.5 Å². The maximum atomic E-state index is 6.27. The highest BCUT2D eigenvalue weighted by atomic mass is 16.3. The number of para-hydroxylation sites is 4. The van der Waals surface area contributed by atoms with Crippen molar-refractivity contribution in [1.29, 1.82) is 0 Å². The molecular formula is C76H46N4O2. The molecule has 17 rings (SSSR count). The lowest BCUT2D eigenvalue weighted by Gasteiger charge is -2.16. The number of nitrogens with zero attached hydrogens (tertiary/aromatic N) is 4. The minimum absolute atomic E-state index is 0.576. The van der Waals surface area contributed by atoms with Crippen molar-refractivity contribution in [3.63, 3.8) is 0 Å². The van der Waals surface area contributed by atoms with E-state index in [1.54, 1.807) is 0 Å². The number of furan rings is 2. The van der Waals surface area contributed by atoms with E-state index in [2.05, 4.69) is 264 Å². The summed E-state index contributed by atoms with van der Waals surface area (Å²) in [5.74, 6) is 0.576. The monoisotopic (exact) mass is 1050 g/mol. The first kappa shape index (κ1) is 45.9. The zero-order valence-corrected chi connectivity index (χ0v) is 44.2. The van der Waals surface area contributed by atoms with Crippen LogP contribution in [0.5, 0.6) is 0 Å². The molecule has 0 spiro atoms. The lowest BCUT2D eigenvalue weighted by Crippen LogP contribution is -2.05. The van der Waals surface area contributed by atoms with Crippen molar-refractivity contribution in [2.75, 3.05) is 0 Å². The fourth-order valence-corrected chi connectivity index (χ4v) is 12.7. The summed E-state index contributed by atoms with van der Waals surface area (Å²) in [5, 5.41) is 9.02. The molecule has 6 nitrogen and oxygen atoms in total. The smallest absolute Gasteiger partial charge is 0.235 e. The van der Waals surface area contributed by atoms with Crippen molar-refractivity contribution < 1.29 is 8.83 Å². The molecule has 17 aromatic rings. The molecule has 0 amide bonds. The van der Waals surface area contributed by atoms with Gasteiger partial charge in [0.2, 0.25) is 5.95 Å². The SMILES string of the molecule is c1ccc(-c2ccc(-c3cc(-c4cccc(-n5c6ccccc6c6ccc(-c7ccc8oc9ccccc9c8c7)cc65)c4)nc(-n4c5ccccc5c5ccc(-c6ccc7oc8ccccc8c7c6)cc54)n3)c(-c3ccccc3)c2)cc1. The molecule has 0 saturated carbocycles. The largest absolute Gasteiger partial charge is 0.456 e. The van der Waals surface area contributed by atoms with Gasteiger partial charge in [0.15, 0.2) is 0 Å². The summed E-state index contributed by atoms with van der Waals surface area (Å²) in [6.07, 6.45) is 0. The van der Waals surface area contributed by atoms with E-state index >= 15 is 0 Å². The molecule has 0 fully saturated rings. The first-order valence-electron chi connectivity index (χ1n) is 27.8. The van der Waals surface area contributed by atoms with Gasteiger partial charge in [-0.2, -0.15) is 0 Å². The minimum atomic E-state index is 0.576. The fourth-order valence-electron chi connectivity index (χ4n) is 12.7. The molecular weight excluding hydrogens is 1000 g/mol. The van der Waals surface area contributed by atoms with Gasteiger partial charge in [-0.05, 0) is 129 Å². The summed E-state index contributed by atoms with van der Waals surface area (Å²) in [4.78, 5) is 11.4. The minimum Gasteiger partial charge on any atom is -0.456 e. The molecule has 12 aromatic carbocycles. The average Bonchev–Trinajstić information content (AvgIpc) is 4.29. The van der Waals surface area contributed by atoms with Crippen LogP contribution in [-0.4, -0.2) is 19.1 Å². The standard InChI is InChI=1S/C76H46N4O2/c1-3-16-47(17-4-1)49-30-35-56(63(41-49)48-18-5-2-6-19-48)67-46-66(77-76(78-67)80-69-27-12-8-23-58(69)60-37-32-53(45-71(60)80)51-34-39-75-65(43-51)62-25-10-14-29-73(62)82-75)54-20-15-21-55(40-54)79-68-26-11-7-22-57(68)59-36-31-52(44-70(59)79)50-33-38-74-64(42-50)61-24-9-13-28-72(61)81-74/h1-46H. The lowest BCUT2D eigenvalue weighted by atomic mass is 9.92. The van der Waals surface area contributed by atoms with Gasteiger partial charge < -0.3 is 13.4 Å². The van der Waals surface area contributed by atoms with Crippen LogP contribution in [0.15, 0.2) is 288 Å². The van der Waals surface area contributed by atoms with E-state index in [1.165, 1.54) is 10.8 Å². The molecule has 0 aliphatic carbocycles. The van der Waals surface area contributed by atoms with Crippen LogP contribution in [-0.2, 0) is 0 Å². The third-order valence-electron chi connectivity index (χ3n) is 16.6. The van der Waals surface area contributed by atoms with Crippen LogP contribution < -0.4 is 0 Å². The highest BCUT2D eigenvalue weighted by Gasteiger charge is 2.22. The van der Waals surface area contributed by atoms with Crippen molar-refractivity contribution in [2.45, 2.75) is 0 Å². The Morgan fingerprint density at radius 1 is 0.232 bits per heavy atom. The van der Waals surface area contributed by atoms with E-state index in [1.807, 2.05) is 24.3 Å². The summed E-state index contributed by atoms with van der Waals surface area (Å²) in [6, 6.07) is 99.5. The first-order valence-corrected chi connectivity index (χ1v) is 27.8. The van der Waals surface area contributed by atoms with E-state index in [4.69, 9.17) is 18.8 Å². The van der Waals surface area contributed by atoms with Gasteiger partial charge in [0.25, 0.3) is 0 Å². The van der Waals surface area contributed by atoms with Crippen molar-refractivity contribution in [2.24, 2.45) is 0 Å². The molecule has 0 aliphatic heterocycles. The lowest BCUT2D eigenvalue weighted by molar-refractivity contribution is 0.668. The van der Waals surface area contributed by atoms with Crippen LogP contribution in [0, 0.1) is 0 Å². The van der Waals surface area contributed by atoms with E-state index in [0.29, 0.717) is 5.95 Å². The zero-order chi connectivity index (χ0) is 53.8. The molecule has 0 unspecified atom stereocenters. The van der Waals surface area contributed by atoms with Gasteiger partial charge in [0.05, 0.1) is 33.5 Å². The van der Waals surface area contributed by atoms with Crippen LogP contribution >= 0.6 is 0 Å². The number of hydrogen-bond acceptors (Lipinski definition) is 4. The number of rotatable bonds is 8. The summed E-state index contributed by atoms with van der Waals surface area (Å²) >= 11 is 0. The molecule has 382 valence electrons. The van der Waals surface area contributed by atoms with Crippen LogP contribution in [0.4, 0.5) is 0 Å². The zero-order valence-electron chi connectivity index (χ0n) is 44.2. The highest BCUT2D eigenvalue weighted by Crippen LogP contribution is 2.42. The highest BCUT2D eigenvalue weighted by molar-refractivity contribution is 6.13. The Labute approximate surface area is 470 Å². The molecule has 0 atom stereocenters. The van der Waals surface area contributed by atoms with E-state index in [0.717, 1.165) is 149 Å². The number of aromatic nitrogens is 4. The molecule has 5 heterocycles. The second-order valence-corrected chi connectivity index (χ2v) is 21.3. The average molecular weight is 1050 g/mol. The van der Waals surface area contributed by atoms with Gasteiger partial charge in [-0.15, -0.1) is 0 Å². The first-order chi connectivity index (χ1) is 40.6. The van der Waals surface area contributed by atoms with Crippen molar-refractivity contribution in [3.8, 4) is 78.7 Å². The fraction of sp³-hybridized carbons (Fsp3) is 0. The number of benzene rings is 12. The molecule has 0 radical (unpaired) electrons. The Balaban J connectivity index is 0.881.